The molecule has 0 unspecified atom stereocenters. The summed E-state index contributed by atoms with van der Waals surface area (Å²) >= 11 is 0. The lowest BCUT2D eigenvalue weighted by Gasteiger charge is -2.15. The van der Waals surface area contributed by atoms with Crippen LogP contribution in [0.15, 0.2) is 53.7 Å². The Morgan fingerprint density at radius 1 is 1.23 bits per heavy atom. The molecule has 0 saturated carbocycles. The zero-order chi connectivity index (χ0) is 22.2. The molecule has 3 aromatic rings. The van der Waals surface area contributed by atoms with Crippen LogP contribution in [-0.4, -0.2) is 42.3 Å². The second-order valence-corrected chi connectivity index (χ2v) is 8.72. The average molecular weight is 441 g/mol. The Morgan fingerprint density at radius 3 is 2.52 bits per heavy atom. The summed E-state index contributed by atoms with van der Waals surface area (Å²) in [5.41, 5.74) is 4.15. The third-order valence-electron chi connectivity index (χ3n) is 4.83. The van der Waals surface area contributed by atoms with Crippen molar-refractivity contribution in [2.24, 2.45) is 0 Å². The zero-order valence-electron chi connectivity index (χ0n) is 16.4. The second-order valence-electron chi connectivity index (χ2n) is 7.01. The van der Waals surface area contributed by atoms with Crippen LogP contribution in [0.3, 0.4) is 0 Å². The van der Waals surface area contributed by atoms with Crippen molar-refractivity contribution >= 4 is 26.8 Å². The lowest BCUT2D eigenvalue weighted by molar-refractivity contribution is 0.334. The molecule has 7 nitrogen and oxygen atoms in total. The van der Waals surface area contributed by atoms with Gasteiger partial charge in [0.1, 0.15) is 35.4 Å². The number of fused-ring (bicyclic) bond motifs is 1. The maximum atomic E-state index is 12.7. The highest BCUT2D eigenvalue weighted by Gasteiger charge is 2.25. The Balaban J connectivity index is 1.84. The van der Waals surface area contributed by atoms with Crippen LogP contribution in [0.2, 0.25) is 0 Å². The Morgan fingerprint density at radius 2 is 1.97 bits per heavy atom. The lowest BCUT2D eigenvalue weighted by Crippen LogP contribution is -2.37. The quantitative estimate of drug-likeness (QED) is 0.607. The molecule has 0 fully saturated rings. The molecule has 3 aromatic heterocycles. The summed E-state index contributed by atoms with van der Waals surface area (Å²) in [6.45, 7) is -0.433. The number of aryl methyl sites for hydroxylation is 1. The summed E-state index contributed by atoms with van der Waals surface area (Å²) < 4.78 is 54.0. The molecule has 158 valence electrons. The minimum Gasteiger partial charge on any atom is -0.305 e. The first-order chi connectivity index (χ1) is 14.9. The van der Waals surface area contributed by atoms with E-state index in [4.69, 9.17) is 0 Å². The predicted octanol–water partition coefficient (Wildman–Crippen LogP) is 3.28. The highest BCUT2D eigenvalue weighted by atomic mass is 32.2. The third-order valence-corrected chi connectivity index (χ3v) is 6.34. The monoisotopic (exact) mass is 441 g/mol. The van der Waals surface area contributed by atoms with Gasteiger partial charge in [0, 0.05) is 18.1 Å². The first-order valence-corrected chi connectivity index (χ1v) is 10.8. The number of sulfonamides is 1. The molecule has 0 saturated heterocycles. The normalized spacial score (nSPS) is 13.3. The summed E-state index contributed by atoms with van der Waals surface area (Å²) in [5, 5.41) is 9.82. The number of aromatic nitrogens is 3. The highest BCUT2D eigenvalue weighted by Crippen LogP contribution is 2.36. The van der Waals surface area contributed by atoms with Crippen LogP contribution in [0.25, 0.3) is 28.1 Å². The van der Waals surface area contributed by atoms with E-state index < -0.39 is 29.4 Å². The minimum absolute atomic E-state index is 0.235. The van der Waals surface area contributed by atoms with Gasteiger partial charge >= 0.3 is 0 Å². The fourth-order valence-electron chi connectivity index (χ4n) is 3.28. The number of nitriles is 1. The molecule has 1 N–H and O–H groups in total. The molecule has 3 heterocycles. The molecule has 31 heavy (non-hydrogen) atoms. The highest BCUT2D eigenvalue weighted by molar-refractivity contribution is 7.89. The van der Waals surface area contributed by atoms with Crippen molar-refractivity contribution in [3.05, 3.63) is 59.9 Å². The van der Waals surface area contributed by atoms with Gasteiger partial charge in [0.15, 0.2) is 0 Å². The number of alkyl halides is 2. The molecule has 0 radical (unpaired) electrons. The largest absolute Gasteiger partial charge is 0.305 e. The van der Waals surface area contributed by atoms with Crippen molar-refractivity contribution in [3.8, 4) is 17.5 Å². The van der Waals surface area contributed by atoms with E-state index in [1.165, 1.54) is 12.1 Å². The molecule has 0 atom stereocenters. The number of nitrogens with zero attached hydrogens (tertiary/aromatic N) is 4. The van der Waals surface area contributed by atoms with E-state index in [0.717, 1.165) is 23.0 Å². The topological polar surface area (TPSA) is 101 Å². The predicted molar refractivity (Wildman–Crippen MR) is 112 cm³/mol. The van der Waals surface area contributed by atoms with E-state index in [1.807, 2.05) is 40.5 Å². The van der Waals surface area contributed by atoms with Gasteiger partial charge in [-0.3, -0.25) is 9.97 Å². The Hall–Kier alpha value is -3.42. The van der Waals surface area contributed by atoms with E-state index in [9.17, 15) is 22.5 Å². The maximum Gasteiger partial charge on any atom is 0.242 e. The van der Waals surface area contributed by atoms with Gasteiger partial charge in [-0.1, -0.05) is 6.08 Å². The Bertz CT molecular complexity index is 1370. The Kier molecular flexibility index (Phi) is 5.39. The van der Waals surface area contributed by atoms with Gasteiger partial charge in [-0.25, -0.2) is 21.9 Å². The van der Waals surface area contributed by atoms with Crippen LogP contribution in [0.1, 0.15) is 11.1 Å². The van der Waals surface area contributed by atoms with E-state index >= 15 is 0 Å². The molecule has 4 rings (SSSR count). The van der Waals surface area contributed by atoms with Crippen LogP contribution in [-0.2, 0) is 10.0 Å². The zero-order valence-corrected chi connectivity index (χ0v) is 17.2. The van der Waals surface area contributed by atoms with Crippen molar-refractivity contribution in [2.75, 3.05) is 13.3 Å². The number of pyridine rings is 2. The molecule has 0 aromatic carbocycles. The second kappa shape index (κ2) is 8.02. The minimum atomic E-state index is -4.15. The number of rotatable bonds is 7. The fourth-order valence-corrected chi connectivity index (χ4v) is 4.42. The van der Waals surface area contributed by atoms with Gasteiger partial charge < -0.3 is 4.57 Å². The molecule has 0 bridgehead atoms. The molecule has 10 heteroatoms. The van der Waals surface area contributed by atoms with E-state index in [1.54, 1.807) is 6.20 Å². The van der Waals surface area contributed by atoms with Gasteiger partial charge in [-0.15, -0.1) is 0 Å². The number of hydrogen-bond donors (Lipinski definition) is 1. The summed E-state index contributed by atoms with van der Waals surface area (Å²) in [7, 11) is -4.15. The van der Waals surface area contributed by atoms with Gasteiger partial charge in [0.05, 0.1) is 22.9 Å². The summed E-state index contributed by atoms with van der Waals surface area (Å²) in [6.07, 6.45) is 8.38. The van der Waals surface area contributed by atoms with Crippen LogP contribution in [0, 0.1) is 18.3 Å². The van der Waals surface area contributed by atoms with Gasteiger partial charge in [-0.2, -0.15) is 5.26 Å². The lowest BCUT2D eigenvalue weighted by atomic mass is 10.1. The van der Waals surface area contributed by atoms with Gasteiger partial charge in [0.25, 0.3) is 0 Å². The number of allylic oxidation sites excluding steroid dienone is 4. The van der Waals surface area contributed by atoms with E-state index in [-0.39, 0.29) is 4.90 Å². The first-order valence-electron chi connectivity index (χ1n) is 9.30. The molecule has 0 aliphatic heterocycles. The van der Waals surface area contributed by atoms with E-state index in [0.29, 0.717) is 22.5 Å². The SMILES string of the molecule is Cc1cnc2c(C#N)c(-c3ccc(S(=O)(=O)NC(CF)CF)cn3)n(C3=CC=C3)c2c1. The van der Waals surface area contributed by atoms with Crippen molar-refractivity contribution in [2.45, 2.75) is 17.9 Å². The van der Waals surface area contributed by atoms with E-state index in [2.05, 4.69) is 16.0 Å². The molecule has 0 amide bonds. The van der Waals surface area contributed by atoms with Gasteiger partial charge in [-0.05, 0) is 42.8 Å². The molecule has 1 aliphatic rings. The molecular formula is C21H17F2N5O2S. The average Bonchev–Trinajstić information content (AvgIpc) is 3.04. The van der Waals surface area contributed by atoms with Gasteiger partial charge in [0.2, 0.25) is 10.0 Å². The smallest absolute Gasteiger partial charge is 0.242 e. The van der Waals surface area contributed by atoms with Crippen LogP contribution in [0.5, 0.6) is 0 Å². The van der Waals surface area contributed by atoms with Crippen molar-refractivity contribution in [3.63, 3.8) is 0 Å². The van der Waals surface area contributed by atoms with Crippen molar-refractivity contribution in [1.29, 1.82) is 5.26 Å². The number of nitrogens with one attached hydrogen (secondary N) is 1. The molecule has 0 spiro atoms. The molecular weight excluding hydrogens is 424 g/mol. The maximum absolute atomic E-state index is 12.7. The first kappa shape index (κ1) is 20.8. The fraction of sp³-hybridized carbons (Fsp3) is 0.190. The van der Waals surface area contributed by atoms with Crippen molar-refractivity contribution < 1.29 is 17.2 Å². The van der Waals surface area contributed by atoms with Crippen LogP contribution >= 0.6 is 0 Å². The number of halogens is 2. The van der Waals surface area contributed by atoms with Crippen LogP contribution < -0.4 is 4.72 Å². The Labute approximate surface area is 177 Å². The summed E-state index contributed by atoms with van der Waals surface area (Å²) in [5.74, 6) is 0. The third kappa shape index (κ3) is 3.62. The standard InChI is InChI=1S/C21H17F2N5O2S/c1-13-7-19-20(26-11-13)17(10-24)21(28(19)15-3-2-4-15)18-6-5-16(12-25-18)31(29,30)27-14(8-22)9-23/h2-7,11-12,14,27H,8-9H2,1H3. The molecule has 1 aliphatic carbocycles. The number of hydrogen-bond acceptors (Lipinski definition) is 5. The summed E-state index contributed by atoms with van der Waals surface area (Å²) in [6, 6.07) is 5.37. The van der Waals surface area contributed by atoms with Crippen molar-refractivity contribution in [1.82, 2.24) is 19.3 Å². The van der Waals surface area contributed by atoms with Crippen LogP contribution in [0.4, 0.5) is 8.78 Å². The summed E-state index contributed by atoms with van der Waals surface area (Å²) in [4.78, 5) is 8.42.